The van der Waals surface area contributed by atoms with Crippen LogP contribution in [0.5, 0.6) is 0 Å². The van der Waals surface area contributed by atoms with Crippen LogP contribution in [0.15, 0.2) is 0 Å². The average molecular weight is 186 g/mol. The highest BCUT2D eigenvalue weighted by molar-refractivity contribution is 5.83. The minimum absolute atomic E-state index is 0.162. The molecule has 0 bridgehead atoms. The Balaban J connectivity index is 3.74. The van der Waals surface area contributed by atoms with Crippen LogP contribution in [-0.2, 0) is 4.79 Å². The standard InChI is InChI=1S/C11H24NO/c1-11(2,3)10(13)8-7-9-12(4,5)6/h7-9H2,1-6H3/q+1. The van der Waals surface area contributed by atoms with Crippen LogP contribution in [0.2, 0.25) is 0 Å². The van der Waals surface area contributed by atoms with Crippen LogP contribution in [-0.4, -0.2) is 38.0 Å². The summed E-state index contributed by atoms with van der Waals surface area (Å²) in [7, 11) is 6.46. The van der Waals surface area contributed by atoms with Gasteiger partial charge in [0.15, 0.2) is 0 Å². The summed E-state index contributed by atoms with van der Waals surface area (Å²) in [5.74, 6) is 0.376. The van der Waals surface area contributed by atoms with Gasteiger partial charge >= 0.3 is 0 Å². The molecule has 0 aromatic carbocycles. The lowest BCUT2D eigenvalue weighted by Gasteiger charge is -2.24. The van der Waals surface area contributed by atoms with Crippen LogP contribution in [0.25, 0.3) is 0 Å². The van der Waals surface area contributed by atoms with Crippen molar-refractivity contribution in [1.82, 2.24) is 0 Å². The van der Waals surface area contributed by atoms with Gasteiger partial charge in [0.2, 0.25) is 0 Å². The molecule has 0 saturated carbocycles. The zero-order chi connectivity index (χ0) is 10.7. The summed E-state index contributed by atoms with van der Waals surface area (Å²) in [4.78, 5) is 11.5. The van der Waals surface area contributed by atoms with E-state index in [1.165, 1.54) is 0 Å². The average Bonchev–Trinajstić information content (AvgIpc) is 1.82. The van der Waals surface area contributed by atoms with Gasteiger partial charge in [0.25, 0.3) is 0 Å². The van der Waals surface area contributed by atoms with Crippen molar-refractivity contribution < 1.29 is 9.28 Å². The molecule has 0 atom stereocenters. The molecule has 0 amide bonds. The van der Waals surface area contributed by atoms with Gasteiger partial charge in [0, 0.05) is 18.3 Å². The molecular formula is C11H24NO+. The maximum Gasteiger partial charge on any atom is 0.138 e. The highest BCUT2D eigenvalue weighted by atomic mass is 16.1. The summed E-state index contributed by atoms with van der Waals surface area (Å²) in [6.07, 6.45) is 1.72. The number of quaternary nitrogens is 1. The molecule has 0 aromatic heterocycles. The molecule has 78 valence electrons. The molecule has 0 spiro atoms. The number of carbonyl (C=O) groups excluding carboxylic acids is 1. The fraction of sp³-hybridized carbons (Fsp3) is 0.909. The third-order valence-corrected chi connectivity index (χ3v) is 2.07. The summed E-state index contributed by atoms with van der Waals surface area (Å²) < 4.78 is 0.942. The number of Topliss-reactive ketones (excluding diaryl/α,β-unsaturated/α-hetero) is 1. The van der Waals surface area contributed by atoms with Gasteiger partial charge in [-0.1, -0.05) is 20.8 Å². The minimum Gasteiger partial charge on any atom is -0.331 e. The van der Waals surface area contributed by atoms with Gasteiger partial charge in [-0.15, -0.1) is 0 Å². The molecule has 0 saturated heterocycles. The van der Waals surface area contributed by atoms with Gasteiger partial charge < -0.3 is 4.48 Å². The second-order valence-corrected chi connectivity index (χ2v) is 5.79. The first kappa shape index (κ1) is 12.6. The van der Waals surface area contributed by atoms with E-state index < -0.39 is 0 Å². The van der Waals surface area contributed by atoms with Crippen molar-refractivity contribution in [2.75, 3.05) is 27.7 Å². The van der Waals surface area contributed by atoms with Gasteiger partial charge in [-0.25, -0.2) is 0 Å². The molecule has 0 aliphatic carbocycles. The number of hydrogen-bond donors (Lipinski definition) is 0. The topological polar surface area (TPSA) is 17.1 Å². The molecule has 2 heteroatoms. The summed E-state index contributed by atoms with van der Waals surface area (Å²) in [6.45, 7) is 7.03. The van der Waals surface area contributed by atoms with E-state index in [4.69, 9.17) is 0 Å². The second kappa shape index (κ2) is 4.23. The molecule has 0 N–H and O–H groups in total. The normalized spacial score (nSPS) is 13.1. The zero-order valence-corrected chi connectivity index (χ0v) is 9.98. The molecule has 0 fully saturated rings. The van der Waals surface area contributed by atoms with Crippen molar-refractivity contribution in [3.05, 3.63) is 0 Å². The lowest BCUT2D eigenvalue weighted by Crippen LogP contribution is -2.35. The van der Waals surface area contributed by atoms with Gasteiger partial charge in [0.1, 0.15) is 5.78 Å². The van der Waals surface area contributed by atoms with E-state index in [2.05, 4.69) is 21.1 Å². The Kier molecular flexibility index (Phi) is 4.11. The fourth-order valence-electron chi connectivity index (χ4n) is 1.09. The molecular weight excluding hydrogens is 162 g/mol. The Labute approximate surface area is 82.5 Å². The van der Waals surface area contributed by atoms with Crippen molar-refractivity contribution in [3.8, 4) is 0 Å². The van der Waals surface area contributed by atoms with Crippen LogP contribution in [0.1, 0.15) is 33.6 Å². The molecule has 13 heavy (non-hydrogen) atoms. The van der Waals surface area contributed by atoms with Gasteiger partial charge in [0.05, 0.1) is 27.7 Å². The zero-order valence-electron chi connectivity index (χ0n) is 9.98. The predicted molar refractivity (Wildman–Crippen MR) is 56.6 cm³/mol. The summed E-state index contributed by atoms with van der Waals surface area (Å²) in [5.41, 5.74) is -0.162. The monoisotopic (exact) mass is 186 g/mol. The Bertz CT molecular complexity index is 172. The summed E-state index contributed by atoms with van der Waals surface area (Å²) in [6, 6.07) is 0. The van der Waals surface area contributed by atoms with Crippen molar-refractivity contribution >= 4 is 5.78 Å². The minimum atomic E-state index is -0.162. The van der Waals surface area contributed by atoms with Crippen LogP contribution in [0.3, 0.4) is 0 Å². The summed E-state index contributed by atoms with van der Waals surface area (Å²) >= 11 is 0. The molecule has 0 rings (SSSR count). The van der Waals surface area contributed by atoms with Gasteiger partial charge in [-0.2, -0.15) is 0 Å². The highest BCUT2D eigenvalue weighted by Crippen LogP contribution is 2.17. The largest absolute Gasteiger partial charge is 0.331 e. The molecule has 0 aliphatic heterocycles. The molecule has 0 radical (unpaired) electrons. The van der Waals surface area contributed by atoms with E-state index in [0.29, 0.717) is 5.78 Å². The van der Waals surface area contributed by atoms with E-state index >= 15 is 0 Å². The van der Waals surface area contributed by atoms with Crippen LogP contribution >= 0.6 is 0 Å². The predicted octanol–water partition coefficient (Wildman–Crippen LogP) is 2.09. The second-order valence-electron chi connectivity index (χ2n) is 5.79. The quantitative estimate of drug-likeness (QED) is 0.614. The first-order valence-electron chi connectivity index (χ1n) is 4.97. The van der Waals surface area contributed by atoms with Crippen LogP contribution < -0.4 is 0 Å². The first-order chi connectivity index (χ1) is 5.63. The molecule has 0 aliphatic rings. The third kappa shape index (κ3) is 6.76. The third-order valence-electron chi connectivity index (χ3n) is 2.07. The van der Waals surface area contributed by atoms with E-state index in [1.807, 2.05) is 20.8 Å². The van der Waals surface area contributed by atoms with Crippen molar-refractivity contribution in [1.29, 1.82) is 0 Å². The lowest BCUT2D eigenvalue weighted by atomic mass is 9.88. The lowest BCUT2D eigenvalue weighted by molar-refractivity contribution is -0.870. The van der Waals surface area contributed by atoms with Crippen molar-refractivity contribution in [2.45, 2.75) is 33.6 Å². The SMILES string of the molecule is CC(C)(C)C(=O)CCC[N+](C)(C)C. The Morgan fingerprint density at radius 1 is 1.15 bits per heavy atom. The molecule has 0 heterocycles. The highest BCUT2D eigenvalue weighted by Gasteiger charge is 2.21. The first-order valence-corrected chi connectivity index (χ1v) is 4.97. The maximum atomic E-state index is 11.5. The van der Waals surface area contributed by atoms with Crippen molar-refractivity contribution in [2.24, 2.45) is 5.41 Å². The Hall–Kier alpha value is -0.370. The van der Waals surface area contributed by atoms with E-state index in [9.17, 15) is 4.79 Å². The summed E-state index contributed by atoms with van der Waals surface area (Å²) in [5, 5.41) is 0. The van der Waals surface area contributed by atoms with Crippen LogP contribution in [0.4, 0.5) is 0 Å². The Morgan fingerprint density at radius 3 is 1.92 bits per heavy atom. The molecule has 2 nitrogen and oxygen atoms in total. The number of rotatable bonds is 4. The van der Waals surface area contributed by atoms with E-state index in [0.717, 1.165) is 23.9 Å². The Morgan fingerprint density at radius 2 is 1.62 bits per heavy atom. The number of nitrogens with zero attached hydrogens (tertiary/aromatic N) is 1. The van der Waals surface area contributed by atoms with Crippen LogP contribution in [0, 0.1) is 5.41 Å². The van der Waals surface area contributed by atoms with Gasteiger partial charge in [-0.05, 0) is 0 Å². The van der Waals surface area contributed by atoms with Crippen molar-refractivity contribution in [3.63, 3.8) is 0 Å². The van der Waals surface area contributed by atoms with E-state index in [1.54, 1.807) is 0 Å². The number of carbonyl (C=O) groups is 1. The maximum absolute atomic E-state index is 11.5. The molecule has 0 unspecified atom stereocenters. The fourth-order valence-corrected chi connectivity index (χ4v) is 1.09. The smallest absolute Gasteiger partial charge is 0.138 e. The number of ketones is 1. The number of hydrogen-bond acceptors (Lipinski definition) is 1. The van der Waals surface area contributed by atoms with E-state index in [-0.39, 0.29) is 5.41 Å². The van der Waals surface area contributed by atoms with Gasteiger partial charge in [-0.3, -0.25) is 4.79 Å². The molecule has 0 aromatic rings.